The first-order chi connectivity index (χ1) is 20.5. The fourth-order valence-corrected chi connectivity index (χ4v) is 4.79. The molecular formula is C31H17F10NO. The normalized spacial score (nSPS) is 14.3. The molecule has 0 saturated carbocycles. The highest BCUT2D eigenvalue weighted by molar-refractivity contribution is 5.99. The van der Waals surface area contributed by atoms with Crippen molar-refractivity contribution in [3.05, 3.63) is 119 Å². The maximum Gasteiger partial charge on any atom is 0.200 e. The van der Waals surface area contributed by atoms with Crippen molar-refractivity contribution in [1.29, 1.82) is 0 Å². The average molecular weight is 609 g/mol. The number of nitrogens with zero attached hydrogens (tertiary/aromatic N) is 1. The van der Waals surface area contributed by atoms with E-state index in [0.29, 0.717) is 0 Å². The number of hydrogen-bond acceptors (Lipinski definition) is 2. The second-order valence-electron chi connectivity index (χ2n) is 9.22. The summed E-state index contributed by atoms with van der Waals surface area (Å²) < 4.78 is 151. The number of para-hydroxylation sites is 5. The van der Waals surface area contributed by atoms with Gasteiger partial charge >= 0.3 is 0 Å². The van der Waals surface area contributed by atoms with E-state index >= 15 is 17.6 Å². The van der Waals surface area contributed by atoms with E-state index in [-0.39, 0.29) is 22.9 Å². The fraction of sp³-hybridized carbons (Fsp3) is 0.0968. The molecule has 222 valence electrons. The van der Waals surface area contributed by atoms with Crippen LogP contribution in [-0.2, 0) is 0 Å². The van der Waals surface area contributed by atoms with Crippen LogP contribution in [0, 0.1) is 29.1 Å². The van der Waals surface area contributed by atoms with Crippen molar-refractivity contribution in [2.45, 2.75) is 13.1 Å². The van der Waals surface area contributed by atoms with Gasteiger partial charge in [-0.3, -0.25) is 0 Å². The second-order valence-corrected chi connectivity index (χ2v) is 9.22. The molecular weight excluding hydrogens is 592 g/mol. The molecule has 1 atom stereocenters. The van der Waals surface area contributed by atoms with Crippen molar-refractivity contribution in [3.63, 3.8) is 0 Å². The lowest BCUT2D eigenvalue weighted by molar-refractivity contribution is 0.381. The van der Waals surface area contributed by atoms with Crippen LogP contribution in [0.3, 0.4) is 0 Å². The summed E-state index contributed by atoms with van der Waals surface area (Å²) in [4.78, 5) is 1.17. The van der Waals surface area contributed by atoms with Gasteiger partial charge in [-0.25, -0.2) is 43.9 Å². The monoisotopic (exact) mass is 609 g/mol. The maximum atomic E-state index is 15.5. The molecule has 0 aromatic heterocycles. The van der Waals surface area contributed by atoms with Gasteiger partial charge in [0.2, 0.25) is 5.82 Å². The lowest BCUT2D eigenvalue weighted by atomic mass is 9.90. The van der Waals surface area contributed by atoms with Gasteiger partial charge in [-0.05, 0) is 31.2 Å². The molecule has 43 heavy (non-hydrogen) atoms. The molecule has 1 heterocycles. The second kappa shape index (κ2) is 11.5. The molecule has 1 unspecified atom stereocenters. The summed E-state index contributed by atoms with van der Waals surface area (Å²) >= 11 is 0. The molecule has 12 heteroatoms. The number of alkyl halides is 2. The minimum Gasteiger partial charge on any atom is -0.453 e. The van der Waals surface area contributed by atoms with Crippen LogP contribution in [0.15, 0.2) is 84.2 Å². The Labute approximate surface area is 237 Å². The van der Waals surface area contributed by atoms with Gasteiger partial charge in [0.15, 0.2) is 52.2 Å². The van der Waals surface area contributed by atoms with E-state index in [9.17, 15) is 26.3 Å². The van der Waals surface area contributed by atoms with Crippen molar-refractivity contribution in [1.82, 2.24) is 0 Å². The summed E-state index contributed by atoms with van der Waals surface area (Å²) in [6, 6.07) is 14.7. The van der Waals surface area contributed by atoms with E-state index < -0.39 is 87.4 Å². The van der Waals surface area contributed by atoms with Crippen molar-refractivity contribution in [2.24, 2.45) is 0 Å². The third kappa shape index (κ3) is 4.90. The molecule has 4 aromatic rings. The largest absolute Gasteiger partial charge is 0.453 e. The first-order valence-corrected chi connectivity index (χ1v) is 12.4. The van der Waals surface area contributed by atoms with Crippen LogP contribution in [0.1, 0.15) is 12.5 Å². The van der Waals surface area contributed by atoms with Gasteiger partial charge in [-0.2, -0.15) is 0 Å². The van der Waals surface area contributed by atoms with Gasteiger partial charge in [-0.15, -0.1) is 0 Å². The van der Waals surface area contributed by atoms with Gasteiger partial charge in [0.05, 0.1) is 22.6 Å². The van der Waals surface area contributed by atoms with Gasteiger partial charge in [0, 0.05) is 16.7 Å². The van der Waals surface area contributed by atoms with Crippen molar-refractivity contribution < 1.29 is 48.6 Å². The van der Waals surface area contributed by atoms with Gasteiger partial charge in [0.1, 0.15) is 12.8 Å². The van der Waals surface area contributed by atoms with E-state index in [1.165, 1.54) is 41.3 Å². The number of rotatable bonds is 6. The first-order valence-electron chi connectivity index (χ1n) is 12.4. The molecule has 0 bridgehead atoms. The van der Waals surface area contributed by atoms with Crippen molar-refractivity contribution in [2.75, 3.05) is 11.6 Å². The van der Waals surface area contributed by atoms with Crippen LogP contribution in [0.5, 0.6) is 11.5 Å². The molecule has 5 rings (SSSR count). The lowest BCUT2D eigenvalue weighted by Gasteiger charge is -2.36. The Morgan fingerprint density at radius 3 is 1.72 bits per heavy atom. The van der Waals surface area contributed by atoms with E-state index in [1.807, 2.05) is 0 Å². The zero-order valence-corrected chi connectivity index (χ0v) is 21.8. The SMILES string of the molecule is CC(F)/C(=C(F)\C(F)=C(\F)CF)c1cccc(-c2c(F)c(F)c(F)c(F)c2F)c1N1c2ccccc2Oc2ccccc21. The Kier molecular flexibility index (Phi) is 7.96. The van der Waals surface area contributed by atoms with Crippen LogP contribution in [0.25, 0.3) is 16.7 Å². The summed E-state index contributed by atoms with van der Waals surface area (Å²) in [6.07, 6.45) is -2.48. The molecule has 1 aliphatic heterocycles. The minimum absolute atomic E-state index is 0.0796. The van der Waals surface area contributed by atoms with E-state index in [4.69, 9.17) is 4.74 Å². The number of hydrogen-bond donors (Lipinski definition) is 0. The van der Waals surface area contributed by atoms with Crippen LogP contribution >= 0.6 is 0 Å². The number of halogens is 10. The summed E-state index contributed by atoms with van der Waals surface area (Å²) in [5.74, 6) is -18.1. The summed E-state index contributed by atoms with van der Waals surface area (Å²) in [5, 5.41) is 0. The Bertz CT molecular complexity index is 1740. The number of anilines is 3. The Balaban J connectivity index is 2.00. The standard InChI is InChI=1S/C31H17F10NO/c1-14(33)22(25(36)24(35)17(34)13-32)15-7-6-8-16(23-26(37)28(39)30(41)29(40)27(23)38)31(15)42-18-9-2-4-11-20(18)43-21-12-5-3-10-19(21)42/h2-12,14H,13H2,1H3/b24-17-,25-22-. The topological polar surface area (TPSA) is 12.5 Å². The smallest absolute Gasteiger partial charge is 0.200 e. The highest BCUT2D eigenvalue weighted by Gasteiger charge is 2.35. The Morgan fingerprint density at radius 2 is 1.21 bits per heavy atom. The Morgan fingerprint density at radius 1 is 0.698 bits per heavy atom. The molecule has 0 amide bonds. The highest BCUT2D eigenvalue weighted by atomic mass is 19.2. The van der Waals surface area contributed by atoms with Gasteiger partial charge < -0.3 is 9.64 Å². The highest BCUT2D eigenvalue weighted by Crippen LogP contribution is 2.55. The molecule has 0 saturated heterocycles. The molecule has 0 spiro atoms. The molecule has 0 N–H and O–H groups in total. The van der Waals surface area contributed by atoms with Gasteiger partial charge in [-0.1, -0.05) is 42.5 Å². The average Bonchev–Trinajstić information content (AvgIpc) is 3.01. The first kappa shape index (κ1) is 29.7. The van der Waals surface area contributed by atoms with E-state index in [0.717, 1.165) is 25.1 Å². The number of fused-ring (bicyclic) bond motifs is 2. The molecule has 0 fully saturated rings. The minimum atomic E-state index is -2.48. The third-order valence-corrected chi connectivity index (χ3v) is 6.64. The van der Waals surface area contributed by atoms with E-state index in [2.05, 4.69) is 0 Å². The molecule has 4 aromatic carbocycles. The van der Waals surface area contributed by atoms with Crippen molar-refractivity contribution in [3.8, 4) is 22.6 Å². The summed E-state index contributed by atoms with van der Waals surface area (Å²) in [5.41, 5.74) is -4.57. The zero-order chi connectivity index (χ0) is 31.2. The summed E-state index contributed by atoms with van der Waals surface area (Å²) in [7, 11) is 0. The van der Waals surface area contributed by atoms with Crippen LogP contribution in [-0.4, -0.2) is 12.8 Å². The van der Waals surface area contributed by atoms with E-state index in [1.54, 1.807) is 12.1 Å². The quantitative estimate of drug-likeness (QED) is 0.0822. The number of benzene rings is 4. The number of ether oxygens (including phenoxy) is 1. The third-order valence-electron chi connectivity index (χ3n) is 6.64. The predicted octanol–water partition coefficient (Wildman–Crippen LogP) is 10.8. The molecule has 0 radical (unpaired) electrons. The zero-order valence-electron chi connectivity index (χ0n) is 21.8. The van der Waals surface area contributed by atoms with Crippen LogP contribution in [0.4, 0.5) is 61.0 Å². The maximum absolute atomic E-state index is 15.5. The van der Waals surface area contributed by atoms with Crippen LogP contribution in [0.2, 0.25) is 0 Å². The molecule has 2 nitrogen and oxygen atoms in total. The molecule has 0 aliphatic carbocycles. The fourth-order valence-electron chi connectivity index (χ4n) is 4.79. The number of allylic oxidation sites excluding steroid dienone is 4. The summed E-state index contributed by atoms with van der Waals surface area (Å²) in [6.45, 7) is -1.35. The predicted molar refractivity (Wildman–Crippen MR) is 140 cm³/mol. The van der Waals surface area contributed by atoms with Crippen molar-refractivity contribution >= 4 is 22.6 Å². The molecule has 1 aliphatic rings. The lowest BCUT2D eigenvalue weighted by Crippen LogP contribution is -2.19. The Hall–Kier alpha value is -4.74. The van der Waals surface area contributed by atoms with Crippen LogP contribution < -0.4 is 9.64 Å². The van der Waals surface area contributed by atoms with Gasteiger partial charge in [0.25, 0.3) is 0 Å².